The molecule has 1 aromatic rings. The van der Waals surface area contributed by atoms with E-state index in [1.54, 1.807) is 12.1 Å². The molecular weight excluding hydrogens is 236 g/mol. The number of benzene rings is 1. The van der Waals surface area contributed by atoms with Gasteiger partial charge in [0.05, 0.1) is 5.02 Å². The maximum absolute atomic E-state index is 12.8. The fourth-order valence-corrected chi connectivity index (χ4v) is 1.62. The Morgan fingerprint density at radius 2 is 2.07 bits per heavy atom. The molecule has 0 aliphatic carbocycles. The lowest BCUT2D eigenvalue weighted by atomic mass is 10.2. The third kappa shape index (κ3) is 4.83. The van der Waals surface area contributed by atoms with Crippen LogP contribution in [-0.4, -0.2) is 12.4 Å². The van der Waals surface area contributed by atoms with E-state index in [0.717, 1.165) is 24.9 Å². The minimum absolute atomic E-state index is 0.176. The predicted octanol–water partition coefficient (Wildman–Crippen LogP) is 3.59. The van der Waals surface area contributed by atoms with Gasteiger partial charge < -0.3 is 5.32 Å². The lowest BCUT2D eigenvalue weighted by Gasteiger charge is -2.04. The van der Waals surface area contributed by atoms with Crippen LogP contribution in [0.4, 0.5) is 4.39 Å². The Labute approximate surface area is 99.6 Å². The van der Waals surface area contributed by atoms with Crippen molar-refractivity contribution in [2.24, 2.45) is 0 Å². The molecule has 1 N–H and O–H groups in total. The van der Waals surface area contributed by atoms with E-state index in [0.29, 0.717) is 12.4 Å². The molecule has 0 aliphatic heterocycles. The molecule has 0 aliphatic rings. The van der Waals surface area contributed by atoms with Crippen molar-refractivity contribution < 1.29 is 4.39 Å². The number of alkyl halides is 1. The highest BCUT2D eigenvalue weighted by atomic mass is 35.5. The molecule has 0 saturated heterocycles. The van der Waals surface area contributed by atoms with E-state index in [-0.39, 0.29) is 10.8 Å². The van der Waals surface area contributed by atoms with Gasteiger partial charge >= 0.3 is 0 Å². The summed E-state index contributed by atoms with van der Waals surface area (Å²) in [6.45, 7) is 1.63. The van der Waals surface area contributed by atoms with Crippen LogP contribution in [0.25, 0.3) is 0 Å². The summed E-state index contributed by atoms with van der Waals surface area (Å²) < 4.78 is 12.8. The third-order valence-electron chi connectivity index (χ3n) is 2.05. The van der Waals surface area contributed by atoms with Crippen LogP contribution in [0.5, 0.6) is 0 Å². The summed E-state index contributed by atoms with van der Waals surface area (Å²) in [5, 5.41) is 3.42. The topological polar surface area (TPSA) is 12.0 Å². The second-order valence-corrected chi connectivity index (χ2v) is 4.11. The number of rotatable bonds is 6. The van der Waals surface area contributed by atoms with Gasteiger partial charge in [0.25, 0.3) is 0 Å². The van der Waals surface area contributed by atoms with E-state index in [1.807, 2.05) is 0 Å². The van der Waals surface area contributed by atoms with Gasteiger partial charge in [0.1, 0.15) is 5.82 Å². The molecule has 0 atom stereocenters. The minimum atomic E-state index is -0.373. The van der Waals surface area contributed by atoms with Gasteiger partial charge in [-0.3, -0.25) is 0 Å². The number of nitrogens with one attached hydrogen (secondary N) is 1. The molecule has 0 radical (unpaired) electrons. The van der Waals surface area contributed by atoms with Crippen LogP contribution in [0, 0.1) is 5.82 Å². The number of hydrogen-bond donors (Lipinski definition) is 1. The highest BCUT2D eigenvalue weighted by molar-refractivity contribution is 6.30. The summed E-state index contributed by atoms with van der Waals surface area (Å²) in [5.74, 6) is 0.326. The largest absolute Gasteiger partial charge is 0.313 e. The molecule has 0 saturated carbocycles. The summed E-state index contributed by atoms with van der Waals surface area (Å²) in [5.41, 5.74) is 0.993. The zero-order valence-corrected chi connectivity index (χ0v) is 9.91. The fourth-order valence-electron chi connectivity index (χ4n) is 1.23. The lowest BCUT2D eigenvalue weighted by Crippen LogP contribution is -2.14. The van der Waals surface area contributed by atoms with Gasteiger partial charge in [0.2, 0.25) is 0 Å². The molecule has 0 spiro atoms. The van der Waals surface area contributed by atoms with Crippen molar-refractivity contribution in [1.29, 1.82) is 0 Å². The smallest absolute Gasteiger partial charge is 0.141 e. The quantitative estimate of drug-likeness (QED) is 0.601. The van der Waals surface area contributed by atoms with Crippen LogP contribution >= 0.6 is 23.2 Å². The molecule has 0 fully saturated rings. The summed E-state index contributed by atoms with van der Waals surface area (Å²) >= 11 is 11.2. The zero-order chi connectivity index (χ0) is 11.1. The molecule has 4 heteroatoms. The van der Waals surface area contributed by atoms with Gasteiger partial charge in [-0.15, -0.1) is 11.6 Å². The van der Waals surface area contributed by atoms with Gasteiger partial charge in [0, 0.05) is 12.4 Å². The molecule has 1 nitrogen and oxygen atoms in total. The van der Waals surface area contributed by atoms with Gasteiger partial charge in [-0.25, -0.2) is 4.39 Å². The van der Waals surface area contributed by atoms with Gasteiger partial charge in [-0.1, -0.05) is 17.7 Å². The Bertz CT molecular complexity index is 305. The van der Waals surface area contributed by atoms with Crippen molar-refractivity contribution >= 4 is 23.2 Å². The maximum atomic E-state index is 12.8. The highest BCUT2D eigenvalue weighted by Gasteiger charge is 2.00. The number of unbranched alkanes of at least 4 members (excludes halogenated alkanes) is 1. The first kappa shape index (κ1) is 12.8. The number of hydrogen-bond acceptors (Lipinski definition) is 1. The zero-order valence-electron chi connectivity index (χ0n) is 8.40. The molecule has 0 aromatic heterocycles. The van der Waals surface area contributed by atoms with Crippen molar-refractivity contribution in [2.75, 3.05) is 12.4 Å². The molecule has 1 rings (SSSR count). The lowest BCUT2D eigenvalue weighted by molar-refractivity contribution is 0.622. The van der Waals surface area contributed by atoms with Crippen molar-refractivity contribution in [2.45, 2.75) is 19.4 Å². The van der Waals surface area contributed by atoms with Crippen LogP contribution in [0.15, 0.2) is 18.2 Å². The fraction of sp³-hybridized carbons (Fsp3) is 0.455. The van der Waals surface area contributed by atoms with Crippen molar-refractivity contribution in [3.05, 3.63) is 34.6 Å². The van der Waals surface area contributed by atoms with Crippen molar-refractivity contribution in [1.82, 2.24) is 5.32 Å². The molecule has 84 valence electrons. The van der Waals surface area contributed by atoms with E-state index < -0.39 is 0 Å². The predicted molar refractivity (Wildman–Crippen MR) is 63.1 cm³/mol. The first-order valence-corrected chi connectivity index (χ1v) is 5.86. The Morgan fingerprint density at radius 1 is 1.27 bits per heavy atom. The molecule has 0 bridgehead atoms. The maximum Gasteiger partial charge on any atom is 0.141 e. The van der Waals surface area contributed by atoms with Gasteiger partial charge in [-0.2, -0.15) is 0 Å². The molecule has 0 unspecified atom stereocenters. The van der Waals surface area contributed by atoms with Crippen LogP contribution in [0.2, 0.25) is 5.02 Å². The first-order valence-electron chi connectivity index (χ1n) is 4.94. The Morgan fingerprint density at radius 3 is 2.73 bits per heavy atom. The van der Waals surface area contributed by atoms with E-state index in [9.17, 15) is 4.39 Å². The molecule has 1 aromatic carbocycles. The summed E-state index contributed by atoms with van der Waals surface area (Å²) in [6.07, 6.45) is 2.07. The van der Waals surface area contributed by atoms with E-state index in [1.165, 1.54) is 6.07 Å². The Hall–Kier alpha value is -0.310. The average Bonchev–Trinajstić information content (AvgIpc) is 2.23. The second-order valence-electron chi connectivity index (χ2n) is 3.32. The Kier molecular flexibility index (Phi) is 5.99. The molecule has 15 heavy (non-hydrogen) atoms. The number of halogens is 3. The van der Waals surface area contributed by atoms with Crippen LogP contribution < -0.4 is 5.32 Å². The van der Waals surface area contributed by atoms with Gasteiger partial charge in [-0.05, 0) is 37.1 Å². The van der Waals surface area contributed by atoms with E-state index in [2.05, 4.69) is 5.32 Å². The van der Waals surface area contributed by atoms with Crippen LogP contribution in [0.3, 0.4) is 0 Å². The third-order valence-corrected chi connectivity index (χ3v) is 2.61. The molecule has 0 heterocycles. The molecular formula is C11H14Cl2FN. The monoisotopic (exact) mass is 249 g/mol. The minimum Gasteiger partial charge on any atom is -0.313 e. The summed E-state index contributed by atoms with van der Waals surface area (Å²) in [4.78, 5) is 0. The normalized spacial score (nSPS) is 10.6. The molecule has 0 amide bonds. The van der Waals surface area contributed by atoms with Gasteiger partial charge in [0.15, 0.2) is 0 Å². The summed E-state index contributed by atoms with van der Waals surface area (Å²) in [7, 11) is 0. The summed E-state index contributed by atoms with van der Waals surface area (Å²) in [6, 6.07) is 4.76. The first-order chi connectivity index (χ1) is 7.24. The highest BCUT2D eigenvalue weighted by Crippen LogP contribution is 2.15. The van der Waals surface area contributed by atoms with E-state index in [4.69, 9.17) is 23.2 Å². The van der Waals surface area contributed by atoms with Crippen LogP contribution in [0.1, 0.15) is 18.4 Å². The van der Waals surface area contributed by atoms with Crippen LogP contribution in [-0.2, 0) is 6.54 Å². The van der Waals surface area contributed by atoms with Crippen molar-refractivity contribution in [3.8, 4) is 0 Å². The average molecular weight is 250 g/mol. The van der Waals surface area contributed by atoms with Crippen molar-refractivity contribution in [3.63, 3.8) is 0 Å². The standard InChI is InChI=1S/C11H14Cl2FN/c12-5-1-2-6-15-8-9-3-4-11(14)10(13)7-9/h3-4,7,15H,1-2,5-6,8H2. The van der Waals surface area contributed by atoms with E-state index >= 15 is 0 Å². The SMILES string of the molecule is Fc1ccc(CNCCCCCl)cc1Cl. The second kappa shape index (κ2) is 7.04. The Balaban J connectivity index is 2.28.